The molecule has 20 heavy (non-hydrogen) atoms. The molecule has 3 N–H and O–H groups in total. The van der Waals surface area contributed by atoms with Crippen LogP contribution in [0.15, 0.2) is 46.9 Å². The minimum Gasteiger partial charge on any atom is -0.389 e. The van der Waals surface area contributed by atoms with E-state index in [1.165, 1.54) is 18.2 Å². The van der Waals surface area contributed by atoms with Crippen molar-refractivity contribution in [2.75, 3.05) is 5.32 Å². The molecule has 0 aliphatic heterocycles. The Morgan fingerprint density at radius 3 is 2.55 bits per heavy atom. The Balaban J connectivity index is 2.35. The van der Waals surface area contributed by atoms with Crippen LogP contribution in [0.5, 0.6) is 0 Å². The second-order valence-electron chi connectivity index (χ2n) is 3.99. The van der Waals surface area contributed by atoms with Crippen molar-refractivity contribution in [3.05, 3.63) is 63.9 Å². The molecule has 0 aromatic heterocycles. The van der Waals surface area contributed by atoms with Gasteiger partial charge in [-0.3, -0.25) is 4.79 Å². The number of carbonyl (C=O) groups is 1. The normalized spacial score (nSPS) is 10.1. The summed E-state index contributed by atoms with van der Waals surface area (Å²) in [5.74, 6) is -1.14. The second kappa shape index (κ2) is 6.11. The van der Waals surface area contributed by atoms with Crippen molar-refractivity contribution in [3.8, 4) is 0 Å². The molecule has 0 radical (unpaired) electrons. The van der Waals surface area contributed by atoms with Crippen LogP contribution in [0.25, 0.3) is 0 Å². The Labute approximate surface area is 129 Å². The van der Waals surface area contributed by atoms with Crippen molar-refractivity contribution in [3.63, 3.8) is 0 Å². The summed E-state index contributed by atoms with van der Waals surface area (Å²) >= 11 is 8.22. The van der Waals surface area contributed by atoms with Gasteiger partial charge in [0.15, 0.2) is 0 Å². The van der Waals surface area contributed by atoms with Crippen LogP contribution in [0.1, 0.15) is 15.9 Å². The molecular weight excluding hydrogens is 343 g/mol. The third kappa shape index (κ3) is 3.20. The first kappa shape index (κ1) is 14.6. The molecule has 0 aliphatic rings. The van der Waals surface area contributed by atoms with Gasteiger partial charge in [0.1, 0.15) is 10.8 Å². The topological polar surface area (TPSA) is 55.1 Å². The Morgan fingerprint density at radius 1 is 1.20 bits per heavy atom. The fourth-order valence-corrected chi connectivity index (χ4v) is 2.21. The highest BCUT2D eigenvalue weighted by Crippen LogP contribution is 2.22. The molecule has 0 saturated carbocycles. The van der Waals surface area contributed by atoms with E-state index in [1.807, 2.05) is 0 Å². The van der Waals surface area contributed by atoms with Gasteiger partial charge in [0.05, 0.1) is 11.3 Å². The zero-order valence-electron chi connectivity index (χ0n) is 10.2. The van der Waals surface area contributed by atoms with Crippen molar-refractivity contribution >= 4 is 44.7 Å². The van der Waals surface area contributed by atoms with Crippen molar-refractivity contribution < 1.29 is 9.18 Å². The van der Waals surface area contributed by atoms with Crippen LogP contribution in [0.4, 0.5) is 10.1 Å². The van der Waals surface area contributed by atoms with E-state index >= 15 is 0 Å². The third-order valence-corrected chi connectivity index (χ3v) is 3.33. The quantitative estimate of drug-likeness (QED) is 0.831. The molecular formula is C14H10BrFN2OS. The summed E-state index contributed by atoms with van der Waals surface area (Å²) in [6.45, 7) is 0. The highest BCUT2D eigenvalue weighted by molar-refractivity contribution is 9.10. The summed E-state index contributed by atoms with van der Waals surface area (Å²) in [6.07, 6.45) is 0. The fraction of sp³-hybridized carbons (Fsp3) is 0. The maximum Gasteiger partial charge on any atom is 0.258 e. The summed E-state index contributed by atoms with van der Waals surface area (Å²) < 4.78 is 14.3. The van der Waals surface area contributed by atoms with Crippen LogP contribution in [-0.2, 0) is 0 Å². The van der Waals surface area contributed by atoms with Gasteiger partial charge in [-0.05, 0) is 30.3 Å². The number of nitrogens with two attached hydrogens (primary N) is 1. The van der Waals surface area contributed by atoms with Gasteiger partial charge in [-0.2, -0.15) is 0 Å². The number of halogens is 2. The van der Waals surface area contributed by atoms with Crippen molar-refractivity contribution in [1.82, 2.24) is 0 Å². The van der Waals surface area contributed by atoms with Crippen LogP contribution in [0, 0.1) is 5.82 Å². The Kier molecular flexibility index (Phi) is 4.46. The number of amides is 1. The van der Waals surface area contributed by atoms with Crippen molar-refractivity contribution in [2.24, 2.45) is 5.73 Å². The SMILES string of the molecule is NC(=S)c1ccc(Br)cc1NC(=O)c1ccccc1F. The fourth-order valence-electron chi connectivity index (χ4n) is 1.67. The molecule has 0 bridgehead atoms. The first-order valence-electron chi connectivity index (χ1n) is 5.64. The Morgan fingerprint density at radius 2 is 1.90 bits per heavy atom. The summed E-state index contributed by atoms with van der Waals surface area (Å²) in [7, 11) is 0. The van der Waals surface area contributed by atoms with Gasteiger partial charge < -0.3 is 11.1 Å². The molecule has 0 heterocycles. The number of hydrogen-bond donors (Lipinski definition) is 2. The molecule has 0 fully saturated rings. The first-order valence-corrected chi connectivity index (χ1v) is 6.84. The second-order valence-corrected chi connectivity index (χ2v) is 5.34. The minimum absolute atomic E-state index is 0.0404. The molecule has 2 rings (SSSR count). The molecule has 0 atom stereocenters. The lowest BCUT2D eigenvalue weighted by Crippen LogP contribution is -2.18. The summed E-state index contributed by atoms with van der Waals surface area (Å²) in [4.78, 5) is 12.2. The molecule has 0 aliphatic carbocycles. The van der Waals surface area contributed by atoms with Crippen LogP contribution < -0.4 is 11.1 Å². The lowest BCUT2D eigenvalue weighted by Gasteiger charge is -2.11. The monoisotopic (exact) mass is 352 g/mol. The van der Waals surface area contributed by atoms with Gasteiger partial charge in [0.25, 0.3) is 5.91 Å². The number of nitrogens with one attached hydrogen (secondary N) is 1. The van der Waals surface area contributed by atoms with Gasteiger partial charge in [-0.25, -0.2) is 4.39 Å². The molecule has 0 saturated heterocycles. The zero-order valence-corrected chi connectivity index (χ0v) is 12.6. The average Bonchev–Trinajstić information content (AvgIpc) is 2.38. The lowest BCUT2D eigenvalue weighted by atomic mass is 10.1. The number of benzene rings is 2. The number of rotatable bonds is 3. The van der Waals surface area contributed by atoms with Crippen LogP contribution in [-0.4, -0.2) is 10.9 Å². The van der Waals surface area contributed by atoms with Gasteiger partial charge >= 0.3 is 0 Å². The Bertz CT molecular complexity index is 691. The average molecular weight is 353 g/mol. The largest absolute Gasteiger partial charge is 0.389 e. The first-order chi connectivity index (χ1) is 9.49. The number of thiocarbonyl (C=S) groups is 1. The predicted molar refractivity (Wildman–Crippen MR) is 84.4 cm³/mol. The van der Waals surface area contributed by atoms with E-state index in [9.17, 15) is 9.18 Å². The van der Waals surface area contributed by atoms with Gasteiger partial charge in [0, 0.05) is 10.0 Å². The van der Waals surface area contributed by atoms with E-state index < -0.39 is 11.7 Å². The van der Waals surface area contributed by atoms with Crippen molar-refractivity contribution in [2.45, 2.75) is 0 Å². The van der Waals surface area contributed by atoms with E-state index in [-0.39, 0.29) is 10.6 Å². The molecule has 0 unspecified atom stereocenters. The van der Waals surface area contributed by atoms with Crippen LogP contribution >= 0.6 is 28.1 Å². The highest BCUT2D eigenvalue weighted by atomic mass is 79.9. The van der Waals surface area contributed by atoms with Gasteiger partial charge in [0.2, 0.25) is 0 Å². The summed E-state index contributed by atoms with van der Waals surface area (Å²) in [5.41, 5.74) is 6.51. The van der Waals surface area contributed by atoms with E-state index in [0.29, 0.717) is 11.3 Å². The zero-order chi connectivity index (χ0) is 14.7. The van der Waals surface area contributed by atoms with E-state index in [2.05, 4.69) is 21.2 Å². The van der Waals surface area contributed by atoms with E-state index in [1.54, 1.807) is 24.3 Å². The third-order valence-electron chi connectivity index (χ3n) is 2.61. The maximum absolute atomic E-state index is 13.6. The molecule has 1 amide bonds. The molecule has 102 valence electrons. The maximum atomic E-state index is 13.6. The summed E-state index contributed by atoms with van der Waals surface area (Å²) in [6, 6.07) is 10.8. The summed E-state index contributed by atoms with van der Waals surface area (Å²) in [5, 5.41) is 2.61. The van der Waals surface area contributed by atoms with Crippen LogP contribution in [0.2, 0.25) is 0 Å². The van der Waals surface area contributed by atoms with E-state index in [4.69, 9.17) is 18.0 Å². The molecule has 3 nitrogen and oxygen atoms in total. The number of carbonyl (C=O) groups excluding carboxylic acids is 1. The number of hydrogen-bond acceptors (Lipinski definition) is 2. The minimum atomic E-state index is -0.586. The number of anilines is 1. The Hall–Kier alpha value is -1.79. The predicted octanol–water partition coefficient (Wildman–Crippen LogP) is 3.47. The standard InChI is InChI=1S/C14H10BrFN2OS/c15-8-5-6-10(13(17)20)12(7-8)18-14(19)9-3-1-2-4-11(9)16/h1-7H,(H2,17,20)(H,18,19). The van der Waals surface area contributed by atoms with Gasteiger partial charge in [-0.15, -0.1) is 0 Å². The molecule has 2 aromatic carbocycles. The molecule has 0 spiro atoms. The molecule has 2 aromatic rings. The van der Waals surface area contributed by atoms with Crippen LogP contribution in [0.3, 0.4) is 0 Å². The highest BCUT2D eigenvalue weighted by Gasteiger charge is 2.14. The van der Waals surface area contributed by atoms with E-state index in [0.717, 1.165) is 4.47 Å². The molecule has 6 heteroatoms. The smallest absolute Gasteiger partial charge is 0.258 e. The lowest BCUT2D eigenvalue weighted by molar-refractivity contribution is 0.102. The van der Waals surface area contributed by atoms with Crippen molar-refractivity contribution in [1.29, 1.82) is 0 Å². The van der Waals surface area contributed by atoms with Gasteiger partial charge in [-0.1, -0.05) is 40.3 Å².